The van der Waals surface area contributed by atoms with Crippen LogP contribution in [0.2, 0.25) is 0 Å². The second-order valence-corrected chi connectivity index (χ2v) is 22.1. The van der Waals surface area contributed by atoms with Crippen molar-refractivity contribution < 1.29 is 14.2 Å². The molecule has 0 saturated heterocycles. The Morgan fingerprint density at radius 2 is 1.27 bits per heavy atom. The van der Waals surface area contributed by atoms with Gasteiger partial charge < -0.3 is 19.1 Å². The van der Waals surface area contributed by atoms with Gasteiger partial charge in [0.05, 0.1) is 25.4 Å². The minimum absolute atomic E-state index is 0.335. The summed E-state index contributed by atoms with van der Waals surface area (Å²) >= 11 is 0. The van der Waals surface area contributed by atoms with E-state index in [9.17, 15) is 0 Å². The summed E-state index contributed by atoms with van der Waals surface area (Å²) < 4.78 is 18.8. The van der Waals surface area contributed by atoms with E-state index in [0.717, 1.165) is 75.0 Å². The molecule has 0 aromatic rings. The minimum atomic E-state index is 0.335. The molecule has 3 fully saturated rings. The third-order valence-corrected chi connectivity index (χ3v) is 16.9. The number of ether oxygens (including phenoxy) is 3. The van der Waals surface area contributed by atoms with E-state index < -0.39 is 0 Å². The topological polar surface area (TPSA) is 30.9 Å². The molecule has 4 aliphatic carbocycles. The maximum absolute atomic E-state index is 6.59. The van der Waals surface area contributed by atoms with Crippen LogP contribution in [0, 0.1) is 46.3 Å². The second kappa shape index (κ2) is 29.0. The summed E-state index contributed by atoms with van der Waals surface area (Å²) in [5.74, 6) is 5.48. The summed E-state index contributed by atoms with van der Waals surface area (Å²) in [5.41, 5.74) is 2.78. The van der Waals surface area contributed by atoms with Crippen LogP contribution in [0.25, 0.3) is 0 Å². The van der Waals surface area contributed by atoms with Gasteiger partial charge in [-0.2, -0.15) is 0 Å². The first-order valence-corrected chi connectivity index (χ1v) is 26.9. The first-order valence-electron chi connectivity index (χ1n) is 26.9. The standard InChI is InChI=1S/C56H103NO3/c1-9-10-11-12-13-14-15-16-17-18-19-20-21-22-23-26-40-58-44-49(57(7)8)45-59-41-27-24-25-28-42-60-50-36-38-55(5)48(43-50)32-33-51-53-35-34-52(47(4)31-29-30-46(2)3)56(53,6)39-37-54(51)55/h16-17,32,46-47,49-54H,9-15,18-31,33-45H2,1-8H3/b17-16-/t47-,49+,50?,51+,52-,53+,54+,55+,56-/m1/s1. The molecule has 0 aromatic heterocycles. The Morgan fingerprint density at radius 1 is 0.667 bits per heavy atom. The second-order valence-electron chi connectivity index (χ2n) is 22.1. The van der Waals surface area contributed by atoms with Crippen LogP contribution in [0.4, 0.5) is 0 Å². The number of rotatable bonds is 34. The van der Waals surface area contributed by atoms with Crippen LogP contribution in [-0.2, 0) is 14.2 Å². The fraction of sp³-hybridized carbons (Fsp3) is 0.929. The quantitative estimate of drug-likeness (QED) is 0.0477. The molecule has 0 amide bonds. The molecule has 1 unspecified atom stereocenters. The van der Waals surface area contributed by atoms with Gasteiger partial charge in [-0.1, -0.05) is 155 Å². The Balaban J connectivity index is 0.976. The number of likely N-dealkylation sites (N-methyl/N-ethyl adjacent to an activating group) is 1. The van der Waals surface area contributed by atoms with Gasteiger partial charge in [0.2, 0.25) is 0 Å². The van der Waals surface area contributed by atoms with Crippen molar-refractivity contribution in [3.05, 3.63) is 23.8 Å². The SMILES string of the molecule is CCCCCCCC/C=C\CCCCCCCCOC[C@@H](COCCCCCCOC1CC[C@@]2(C)C(=CC[C@H]3[C@@H]4CC[C@H]([C@H](C)CCCC(C)C)[C@@]4(C)CC[C@@H]32)C1)N(C)C. The van der Waals surface area contributed by atoms with E-state index >= 15 is 0 Å². The highest BCUT2D eigenvalue weighted by molar-refractivity contribution is 5.25. The molecule has 350 valence electrons. The Bertz CT molecular complexity index is 1160. The van der Waals surface area contributed by atoms with Crippen LogP contribution < -0.4 is 0 Å². The molecular weight excluding hydrogens is 735 g/mol. The summed E-state index contributed by atoms with van der Waals surface area (Å²) in [7, 11) is 4.31. The predicted molar refractivity (Wildman–Crippen MR) is 260 cm³/mol. The van der Waals surface area contributed by atoms with Crippen molar-refractivity contribution in [2.45, 2.75) is 240 Å². The van der Waals surface area contributed by atoms with Crippen LogP contribution in [0.1, 0.15) is 228 Å². The molecule has 0 spiro atoms. The van der Waals surface area contributed by atoms with Crippen LogP contribution in [-0.4, -0.2) is 64.2 Å². The third-order valence-electron chi connectivity index (χ3n) is 16.9. The van der Waals surface area contributed by atoms with Crippen LogP contribution >= 0.6 is 0 Å². The van der Waals surface area contributed by atoms with Gasteiger partial charge in [0.25, 0.3) is 0 Å². The van der Waals surface area contributed by atoms with E-state index in [1.54, 1.807) is 5.57 Å². The number of unbranched alkanes of at least 4 members (excludes halogenated alkanes) is 15. The fourth-order valence-corrected chi connectivity index (χ4v) is 12.9. The Labute approximate surface area is 375 Å². The van der Waals surface area contributed by atoms with E-state index in [2.05, 4.69) is 78.8 Å². The highest BCUT2D eigenvalue weighted by Gasteiger charge is 2.59. The lowest BCUT2D eigenvalue weighted by Crippen LogP contribution is -2.51. The molecule has 3 saturated carbocycles. The summed E-state index contributed by atoms with van der Waals surface area (Å²) in [5, 5.41) is 0. The maximum Gasteiger partial charge on any atom is 0.0644 e. The van der Waals surface area contributed by atoms with Crippen molar-refractivity contribution in [3.63, 3.8) is 0 Å². The lowest BCUT2D eigenvalue weighted by Gasteiger charge is -2.58. The average Bonchev–Trinajstić information content (AvgIpc) is 3.59. The van der Waals surface area contributed by atoms with Gasteiger partial charge in [0.1, 0.15) is 0 Å². The van der Waals surface area contributed by atoms with Crippen LogP contribution in [0.15, 0.2) is 23.8 Å². The molecule has 4 heteroatoms. The molecule has 0 bridgehead atoms. The van der Waals surface area contributed by atoms with E-state index in [4.69, 9.17) is 14.2 Å². The Hall–Kier alpha value is -0.680. The first kappa shape index (κ1) is 51.9. The van der Waals surface area contributed by atoms with Crippen molar-refractivity contribution in [1.82, 2.24) is 4.90 Å². The molecule has 60 heavy (non-hydrogen) atoms. The summed E-state index contributed by atoms with van der Waals surface area (Å²) in [6, 6.07) is 0.335. The summed E-state index contributed by atoms with van der Waals surface area (Å²) in [6.45, 7) is 19.3. The molecule has 4 nitrogen and oxygen atoms in total. The molecule has 4 rings (SSSR count). The molecule has 0 heterocycles. The van der Waals surface area contributed by atoms with Gasteiger partial charge in [-0.25, -0.2) is 0 Å². The smallest absolute Gasteiger partial charge is 0.0644 e. The van der Waals surface area contributed by atoms with Crippen molar-refractivity contribution in [2.75, 3.05) is 47.1 Å². The van der Waals surface area contributed by atoms with Crippen molar-refractivity contribution in [2.24, 2.45) is 46.3 Å². The van der Waals surface area contributed by atoms with Crippen molar-refractivity contribution in [3.8, 4) is 0 Å². The monoisotopic (exact) mass is 838 g/mol. The largest absolute Gasteiger partial charge is 0.380 e. The Kier molecular flexibility index (Phi) is 25.1. The zero-order chi connectivity index (χ0) is 43.1. The van der Waals surface area contributed by atoms with E-state index in [1.807, 2.05) is 0 Å². The third kappa shape index (κ3) is 17.0. The number of nitrogens with zero attached hydrogens (tertiary/aromatic N) is 1. The zero-order valence-electron chi connectivity index (χ0n) is 41.6. The number of allylic oxidation sites excluding steroid dienone is 3. The van der Waals surface area contributed by atoms with Crippen LogP contribution in [0.5, 0.6) is 0 Å². The van der Waals surface area contributed by atoms with Crippen LogP contribution in [0.3, 0.4) is 0 Å². The lowest BCUT2D eigenvalue weighted by atomic mass is 9.47. The molecule has 0 N–H and O–H groups in total. The van der Waals surface area contributed by atoms with Crippen molar-refractivity contribution >= 4 is 0 Å². The molecular formula is C56H103NO3. The van der Waals surface area contributed by atoms with E-state index in [1.165, 1.54) is 180 Å². The molecule has 0 aliphatic heterocycles. The molecule has 0 radical (unpaired) electrons. The number of hydrogen-bond acceptors (Lipinski definition) is 4. The van der Waals surface area contributed by atoms with E-state index in [0.29, 0.717) is 23.0 Å². The Morgan fingerprint density at radius 3 is 1.88 bits per heavy atom. The highest BCUT2D eigenvalue weighted by Crippen LogP contribution is 2.67. The lowest BCUT2D eigenvalue weighted by molar-refractivity contribution is -0.0641. The van der Waals surface area contributed by atoms with Gasteiger partial charge in [-0.3, -0.25) is 0 Å². The fourth-order valence-electron chi connectivity index (χ4n) is 12.9. The predicted octanol–water partition coefficient (Wildman–Crippen LogP) is 16.0. The van der Waals surface area contributed by atoms with Gasteiger partial charge in [0.15, 0.2) is 0 Å². The highest BCUT2D eigenvalue weighted by atomic mass is 16.5. The molecule has 9 atom stereocenters. The maximum atomic E-state index is 6.59. The normalized spacial score (nSPS) is 28.9. The molecule has 4 aliphatic rings. The van der Waals surface area contributed by atoms with Gasteiger partial charge in [0, 0.05) is 19.8 Å². The first-order chi connectivity index (χ1) is 29.1. The zero-order valence-corrected chi connectivity index (χ0v) is 41.6. The average molecular weight is 838 g/mol. The number of hydrogen-bond donors (Lipinski definition) is 0. The summed E-state index contributed by atoms with van der Waals surface area (Å²) in [4.78, 5) is 2.26. The van der Waals surface area contributed by atoms with Crippen molar-refractivity contribution in [1.29, 1.82) is 0 Å². The minimum Gasteiger partial charge on any atom is -0.380 e. The van der Waals surface area contributed by atoms with Gasteiger partial charge >= 0.3 is 0 Å². The number of fused-ring (bicyclic) bond motifs is 5. The molecule has 0 aromatic carbocycles. The summed E-state index contributed by atoms with van der Waals surface area (Å²) in [6.07, 6.45) is 47.0. The van der Waals surface area contributed by atoms with Gasteiger partial charge in [-0.05, 0) is 157 Å². The van der Waals surface area contributed by atoms with Gasteiger partial charge in [-0.15, -0.1) is 0 Å². The van der Waals surface area contributed by atoms with E-state index in [-0.39, 0.29) is 0 Å².